The summed E-state index contributed by atoms with van der Waals surface area (Å²) in [5, 5.41) is 1.90. The number of alkyl halides is 3. The Labute approximate surface area is 175 Å². The number of pyridine rings is 1. The van der Waals surface area contributed by atoms with Crippen LogP contribution in [-0.2, 0) is 9.84 Å². The highest BCUT2D eigenvalue weighted by atomic mass is 35.5. The number of sulfone groups is 1. The van der Waals surface area contributed by atoms with Gasteiger partial charge in [0.2, 0.25) is 5.88 Å². The second-order valence-electron chi connectivity index (χ2n) is 6.57. The number of rotatable bonds is 5. The van der Waals surface area contributed by atoms with E-state index in [0.717, 1.165) is 6.20 Å². The number of hydrazine groups is 1. The quantitative estimate of drug-likeness (QED) is 0.733. The molecule has 1 fully saturated rings. The van der Waals surface area contributed by atoms with E-state index in [0.29, 0.717) is 10.6 Å². The van der Waals surface area contributed by atoms with E-state index in [1.807, 2.05) is 0 Å². The van der Waals surface area contributed by atoms with Gasteiger partial charge in [-0.15, -0.1) is 0 Å². The molecule has 0 radical (unpaired) electrons. The summed E-state index contributed by atoms with van der Waals surface area (Å²) in [7, 11) is -3.11. The lowest BCUT2D eigenvalue weighted by atomic mass is 10.1. The zero-order valence-corrected chi connectivity index (χ0v) is 17.0. The molecule has 1 aliphatic heterocycles. The third-order valence-electron chi connectivity index (χ3n) is 4.25. The molecule has 0 spiro atoms. The van der Waals surface area contributed by atoms with Crippen LogP contribution in [0.2, 0.25) is 5.02 Å². The molecule has 162 valence electrons. The summed E-state index contributed by atoms with van der Waals surface area (Å²) in [5.41, 5.74) is 3.31. The van der Waals surface area contributed by atoms with Crippen LogP contribution in [0.5, 0.6) is 5.88 Å². The van der Waals surface area contributed by atoms with E-state index in [9.17, 15) is 26.4 Å². The van der Waals surface area contributed by atoms with Crippen LogP contribution in [0.1, 0.15) is 10.4 Å². The Morgan fingerprint density at radius 1 is 1.20 bits per heavy atom. The molecule has 0 atom stereocenters. The first-order valence-corrected chi connectivity index (χ1v) is 10.9. The first-order chi connectivity index (χ1) is 14.0. The number of carbonyl (C=O) groups is 1. The van der Waals surface area contributed by atoms with Gasteiger partial charge in [-0.2, -0.15) is 13.2 Å². The van der Waals surface area contributed by atoms with Crippen molar-refractivity contribution in [2.45, 2.75) is 6.18 Å². The number of aromatic nitrogens is 1. The molecule has 7 nitrogen and oxygen atoms in total. The van der Waals surface area contributed by atoms with Gasteiger partial charge in [-0.3, -0.25) is 10.2 Å². The van der Waals surface area contributed by atoms with Crippen LogP contribution < -0.4 is 10.2 Å². The van der Waals surface area contributed by atoms with Crippen LogP contribution in [-0.4, -0.2) is 61.7 Å². The van der Waals surface area contributed by atoms with Crippen molar-refractivity contribution in [2.75, 3.05) is 31.2 Å². The van der Waals surface area contributed by atoms with Crippen molar-refractivity contribution < 1.29 is 31.1 Å². The lowest BCUT2D eigenvalue weighted by Crippen LogP contribution is -2.50. The lowest BCUT2D eigenvalue weighted by Gasteiger charge is -2.26. The molecular formula is C18H17ClF3N3O4S. The predicted molar refractivity (Wildman–Crippen MR) is 104 cm³/mol. The Kier molecular flexibility index (Phi) is 6.53. The van der Waals surface area contributed by atoms with Crippen molar-refractivity contribution in [3.63, 3.8) is 0 Å². The minimum atomic E-state index is -4.55. The molecule has 0 saturated carbocycles. The maximum absolute atomic E-state index is 12.6. The molecule has 2 aromatic rings. The van der Waals surface area contributed by atoms with Crippen LogP contribution >= 0.6 is 11.6 Å². The van der Waals surface area contributed by atoms with Crippen LogP contribution in [0.4, 0.5) is 13.2 Å². The fourth-order valence-electron chi connectivity index (χ4n) is 2.71. The topological polar surface area (TPSA) is 88.6 Å². The van der Waals surface area contributed by atoms with Gasteiger partial charge in [-0.25, -0.2) is 18.4 Å². The number of carbonyl (C=O) groups excluding carboxylic acids is 1. The molecule has 0 aliphatic carbocycles. The number of nitrogens with zero attached hydrogens (tertiary/aromatic N) is 2. The molecule has 2 heterocycles. The first-order valence-electron chi connectivity index (χ1n) is 8.74. The average Bonchev–Trinajstić information content (AvgIpc) is 2.68. The van der Waals surface area contributed by atoms with E-state index >= 15 is 0 Å². The summed E-state index contributed by atoms with van der Waals surface area (Å²) in [6.07, 6.45) is -3.45. The second-order valence-corrected chi connectivity index (χ2v) is 9.31. The molecule has 1 N–H and O–H groups in total. The minimum absolute atomic E-state index is 0.0766. The monoisotopic (exact) mass is 463 g/mol. The second kappa shape index (κ2) is 8.78. The zero-order chi connectivity index (χ0) is 21.9. The summed E-state index contributed by atoms with van der Waals surface area (Å²) in [6, 6.07) is 7.59. The summed E-state index contributed by atoms with van der Waals surface area (Å²) in [4.78, 5) is 16.4. The lowest BCUT2D eigenvalue weighted by molar-refractivity contribution is -0.154. The fourth-order valence-corrected chi connectivity index (χ4v) is 4.04. The van der Waals surface area contributed by atoms with E-state index in [4.69, 9.17) is 16.3 Å². The maximum atomic E-state index is 12.6. The van der Waals surface area contributed by atoms with E-state index < -0.39 is 28.5 Å². The van der Waals surface area contributed by atoms with Crippen LogP contribution in [0.3, 0.4) is 0 Å². The largest absolute Gasteiger partial charge is 0.468 e. The third-order valence-corrected chi connectivity index (χ3v) is 6.11. The Bertz CT molecular complexity index is 1020. The highest BCUT2D eigenvalue weighted by Crippen LogP contribution is 2.31. The SMILES string of the molecule is O=C(NN1CCS(=O)(=O)CC1)c1cnc(OCC(F)(F)F)c(-c2ccc(Cl)cc2)c1. The van der Waals surface area contributed by atoms with Gasteiger partial charge in [0.25, 0.3) is 5.91 Å². The number of hydrogen-bond donors (Lipinski definition) is 1. The minimum Gasteiger partial charge on any atom is -0.468 e. The summed E-state index contributed by atoms with van der Waals surface area (Å²) in [6.45, 7) is -1.26. The van der Waals surface area contributed by atoms with Gasteiger partial charge in [0.05, 0.1) is 17.1 Å². The smallest absolute Gasteiger partial charge is 0.422 e. The molecule has 3 rings (SSSR count). The number of halogens is 4. The molecule has 1 saturated heterocycles. The number of hydrogen-bond acceptors (Lipinski definition) is 6. The van der Waals surface area contributed by atoms with Crippen molar-refractivity contribution in [2.24, 2.45) is 0 Å². The van der Waals surface area contributed by atoms with Gasteiger partial charge in [0, 0.05) is 29.9 Å². The Balaban J connectivity index is 1.84. The van der Waals surface area contributed by atoms with E-state index in [-0.39, 0.29) is 41.6 Å². The van der Waals surface area contributed by atoms with Gasteiger partial charge in [0.15, 0.2) is 16.4 Å². The first kappa shape index (κ1) is 22.3. The molecule has 1 aromatic carbocycles. The van der Waals surface area contributed by atoms with Crippen LogP contribution in [0.15, 0.2) is 36.5 Å². The average molecular weight is 464 g/mol. The van der Waals surface area contributed by atoms with Crippen molar-refractivity contribution in [3.05, 3.63) is 47.1 Å². The number of ether oxygens (including phenoxy) is 1. The molecule has 0 bridgehead atoms. The molecule has 1 amide bonds. The number of nitrogens with one attached hydrogen (secondary N) is 1. The summed E-state index contributed by atoms with van der Waals surface area (Å²) in [5.74, 6) is -1.01. The molecule has 30 heavy (non-hydrogen) atoms. The summed E-state index contributed by atoms with van der Waals surface area (Å²) >= 11 is 5.86. The maximum Gasteiger partial charge on any atom is 0.422 e. The van der Waals surface area contributed by atoms with Crippen molar-refractivity contribution in [3.8, 4) is 17.0 Å². The summed E-state index contributed by atoms with van der Waals surface area (Å²) < 4.78 is 65.5. The van der Waals surface area contributed by atoms with Crippen molar-refractivity contribution in [1.29, 1.82) is 0 Å². The Hall–Kier alpha value is -2.37. The van der Waals surface area contributed by atoms with Crippen molar-refractivity contribution >= 4 is 27.3 Å². The zero-order valence-electron chi connectivity index (χ0n) is 15.4. The number of amides is 1. The Morgan fingerprint density at radius 2 is 1.83 bits per heavy atom. The molecule has 1 aromatic heterocycles. The molecule has 12 heteroatoms. The van der Waals surface area contributed by atoms with Crippen LogP contribution in [0.25, 0.3) is 11.1 Å². The van der Waals surface area contributed by atoms with Crippen molar-refractivity contribution in [1.82, 2.24) is 15.4 Å². The van der Waals surface area contributed by atoms with Gasteiger partial charge in [-0.1, -0.05) is 23.7 Å². The normalized spacial score (nSPS) is 16.8. The highest BCUT2D eigenvalue weighted by molar-refractivity contribution is 7.91. The standard InChI is InChI=1S/C18H17ClF3N3O4S/c19-14-3-1-12(2-4-14)15-9-13(10-23-17(15)29-11-18(20,21)22)16(26)24-25-5-7-30(27,28)8-6-25/h1-4,9-10H,5-8,11H2,(H,24,26). The van der Waals surface area contributed by atoms with E-state index in [1.54, 1.807) is 24.3 Å². The van der Waals surface area contributed by atoms with Gasteiger partial charge < -0.3 is 4.74 Å². The van der Waals surface area contributed by atoms with Gasteiger partial charge in [0.1, 0.15) is 0 Å². The third kappa shape index (κ3) is 6.07. The van der Waals surface area contributed by atoms with Gasteiger partial charge in [-0.05, 0) is 23.8 Å². The Morgan fingerprint density at radius 3 is 2.43 bits per heavy atom. The molecule has 0 unspecified atom stereocenters. The van der Waals surface area contributed by atoms with E-state index in [1.165, 1.54) is 11.1 Å². The molecule has 1 aliphatic rings. The predicted octanol–water partition coefficient (Wildman–Crippen LogP) is 2.72. The highest BCUT2D eigenvalue weighted by Gasteiger charge is 2.29. The molecular weight excluding hydrogens is 447 g/mol. The van der Waals surface area contributed by atoms with E-state index in [2.05, 4.69) is 10.4 Å². The van der Waals surface area contributed by atoms with Gasteiger partial charge >= 0.3 is 6.18 Å². The number of benzene rings is 1. The van der Waals surface area contributed by atoms with Crippen LogP contribution in [0, 0.1) is 0 Å². The fraction of sp³-hybridized carbons (Fsp3) is 0.333.